The van der Waals surface area contributed by atoms with Crippen LogP contribution in [0.4, 0.5) is 5.69 Å². The Hall–Kier alpha value is -2.68. The molecule has 3 N–H and O–H groups in total. The Morgan fingerprint density at radius 1 is 1.26 bits per heavy atom. The summed E-state index contributed by atoms with van der Waals surface area (Å²) < 4.78 is 0. The van der Waals surface area contributed by atoms with Crippen molar-refractivity contribution in [1.82, 2.24) is 0 Å². The SMILES string of the molecule is N#CC(=CNc1ccc(Cl)cc1C(=O)c1ccccc1)C(N)=S. The number of rotatable bonds is 5. The summed E-state index contributed by atoms with van der Waals surface area (Å²) in [5, 5.41) is 12.3. The van der Waals surface area contributed by atoms with Gasteiger partial charge in [0.2, 0.25) is 0 Å². The number of anilines is 1. The summed E-state index contributed by atoms with van der Waals surface area (Å²) in [6.45, 7) is 0. The largest absolute Gasteiger partial charge is 0.389 e. The van der Waals surface area contributed by atoms with Crippen molar-refractivity contribution in [1.29, 1.82) is 5.26 Å². The average Bonchev–Trinajstić information content (AvgIpc) is 2.56. The number of hydrogen-bond acceptors (Lipinski definition) is 4. The molecule has 0 bridgehead atoms. The lowest BCUT2D eigenvalue weighted by Gasteiger charge is -2.10. The van der Waals surface area contributed by atoms with E-state index in [4.69, 9.17) is 34.8 Å². The van der Waals surface area contributed by atoms with Crippen LogP contribution in [0.2, 0.25) is 5.02 Å². The number of nitriles is 1. The first kappa shape index (κ1) is 16.7. The Labute approximate surface area is 144 Å². The first-order valence-electron chi connectivity index (χ1n) is 6.59. The standard InChI is InChI=1S/C17H12ClN3OS/c18-13-6-7-15(21-10-12(9-19)17(20)23)14(8-13)16(22)11-4-2-1-3-5-11/h1-8,10,21H,(H2,20,23). The summed E-state index contributed by atoms with van der Waals surface area (Å²) >= 11 is 10.8. The fourth-order valence-electron chi connectivity index (χ4n) is 1.88. The third-order valence-electron chi connectivity index (χ3n) is 3.02. The molecule has 0 saturated heterocycles. The number of ketones is 1. The van der Waals surface area contributed by atoms with Crippen LogP contribution in [0.5, 0.6) is 0 Å². The number of hydrogen-bond donors (Lipinski definition) is 2. The van der Waals surface area contributed by atoms with E-state index < -0.39 is 0 Å². The molecule has 0 aliphatic rings. The van der Waals surface area contributed by atoms with E-state index in [9.17, 15) is 4.79 Å². The molecule has 0 amide bonds. The van der Waals surface area contributed by atoms with Crippen molar-refractivity contribution in [3.8, 4) is 6.07 Å². The number of carbonyl (C=O) groups is 1. The second kappa shape index (κ2) is 7.54. The zero-order valence-electron chi connectivity index (χ0n) is 11.9. The smallest absolute Gasteiger partial charge is 0.195 e. The molecule has 0 spiro atoms. The molecule has 0 atom stereocenters. The number of nitrogens with zero attached hydrogens (tertiary/aromatic N) is 1. The Kier molecular flexibility index (Phi) is 5.47. The number of thiocarbonyl (C=S) groups is 1. The van der Waals surface area contributed by atoms with E-state index in [1.807, 2.05) is 12.1 Å². The zero-order valence-corrected chi connectivity index (χ0v) is 13.5. The summed E-state index contributed by atoms with van der Waals surface area (Å²) in [5.74, 6) is -0.183. The first-order chi connectivity index (χ1) is 11.0. The topological polar surface area (TPSA) is 78.9 Å². The molecular weight excluding hydrogens is 330 g/mol. The summed E-state index contributed by atoms with van der Waals surface area (Å²) in [6, 6.07) is 15.6. The van der Waals surface area contributed by atoms with Crippen molar-refractivity contribution in [3.63, 3.8) is 0 Å². The van der Waals surface area contributed by atoms with E-state index in [0.29, 0.717) is 21.8 Å². The van der Waals surface area contributed by atoms with Crippen LogP contribution in [0.3, 0.4) is 0 Å². The molecule has 2 aromatic carbocycles. The van der Waals surface area contributed by atoms with Crippen molar-refractivity contribution in [2.24, 2.45) is 5.73 Å². The van der Waals surface area contributed by atoms with Gasteiger partial charge in [-0.3, -0.25) is 4.79 Å². The van der Waals surface area contributed by atoms with Crippen molar-refractivity contribution >= 4 is 40.3 Å². The van der Waals surface area contributed by atoms with Crippen LogP contribution in [-0.2, 0) is 0 Å². The van der Waals surface area contributed by atoms with Crippen molar-refractivity contribution in [2.45, 2.75) is 0 Å². The number of benzene rings is 2. The van der Waals surface area contributed by atoms with Crippen LogP contribution >= 0.6 is 23.8 Å². The minimum atomic E-state index is -0.183. The van der Waals surface area contributed by atoms with Crippen molar-refractivity contribution in [3.05, 3.63) is 76.5 Å². The molecule has 114 valence electrons. The van der Waals surface area contributed by atoms with Crippen molar-refractivity contribution < 1.29 is 4.79 Å². The Bertz CT molecular complexity index is 825. The summed E-state index contributed by atoms with van der Waals surface area (Å²) in [7, 11) is 0. The van der Waals surface area contributed by atoms with Gasteiger partial charge in [0.05, 0.1) is 0 Å². The highest BCUT2D eigenvalue weighted by Gasteiger charge is 2.14. The molecule has 0 aromatic heterocycles. The lowest BCUT2D eigenvalue weighted by atomic mass is 10.0. The van der Waals surface area contributed by atoms with Gasteiger partial charge in [-0.1, -0.05) is 54.2 Å². The quantitative estimate of drug-likeness (QED) is 0.375. The van der Waals surface area contributed by atoms with Gasteiger partial charge in [-0.2, -0.15) is 5.26 Å². The van der Waals surface area contributed by atoms with Crippen LogP contribution in [0.1, 0.15) is 15.9 Å². The van der Waals surface area contributed by atoms with E-state index in [0.717, 1.165) is 0 Å². The number of carbonyl (C=O) groups excluding carboxylic acids is 1. The van der Waals surface area contributed by atoms with Crippen LogP contribution in [-0.4, -0.2) is 10.8 Å². The molecule has 0 unspecified atom stereocenters. The van der Waals surface area contributed by atoms with E-state index >= 15 is 0 Å². The van der Waals surface area contributed by atoms with Gasteiger partial charge >= 0.3 is 0 Å². The number of nitrogens with two attached hydrogens (primary N) is 1. The molecule has 0 aliphatic heterocycles. The molecular formula is C17H12ClN3OS. The van der Waals surface area contributed by atoms with Gasteiger partial charge in [0.25, 0.3) is 0 Å². The number of halogens is 1. The fraction of sp³-hybridized carbons (Fsp3) is 0. The molecule has 2 rings (SSSR count). The molecule has 0 saturated carbocycles. The van der Waals surface area contributed by atoms with Crippen molar-refractivity contribution in [2.75, 3.05) is 5.32 Å². The Balaban J connectivity index is 2.41. The molecule has 23 heavy (non-hydrogen) atoms. The summed E-state index contributed by atoms with van der Waals surface area (Å²) in [4.78, 5) is 12.6. The van der Waals surface area contributed by atoms with Crippen LogP contribution in [0.15, 0.2) is 60.3 Å². The highest BCUT2D eigenvalue weighted by Crippen LogP contribution is 2.24. The molecule has 6 heteroatoms. The molecule has 4 nitrogen and oxygen atoms in total. The van der Waals surface area contributed by atoms with Gasteiger partial charge in [0.1, 0.15) is 16.6 Å². The van der Waals surface area contributed by atoms with Gasteiger partial charge in [-0.05, 0) is 18.2 Å². The molecule has 0 fully saturated rings. The average molecular weight is 342 g/mol. The van der Waals surface area contributed by atoms with Gasteiger partial charge in [-0.15, -0.1) is 0 Å². The van der Waals surface area contributed by atoms with E-state index in [1.54, 1.807) is 42.5 Å². The maximum atomic E-state index is 12.6. The molecule has 2 aromatic rings. The third-order valence-corrected chi connectivity index (χ3v) is 3.48. The third kappa shape index (κ3) is 4.16. The summed E-state index contributed by atoms with van der Waals surface area (Å²) in [5.41, 5.74) is 6.99. The van der Waals surface area contributed by atoms with Gasteiger partial charge < -0.3 is 11.1 Å². The first-order valence-corrected chi connectivity index (χ1v) is 7.37. The van der Waals surface area contributed by atoms with Gasteiger partial charge in [0.15, 0.2) is 5.78 Å². The Morgan fingerprint density at radius 3 is 2.57 bits per heavy atom. The molecule has 0 radical (unpaired) electrons. The van der Waals surface area contributed by atoms with E-state index in [-0.39, 0.29) is 16.3 Å². The highest BCUT2D eigenvalue weighted by atomic mass is 35.5. The number of nitrogens with one attached hydrogen (secondary N) is 1. The van der Waals surface area contributed by atoms with E-state index in [2.05, 4.69) is 5.32 Å². The van der Waals surface area contributed by atoms with Crippen LogP contribution < -0.4 is 11.1 Å². The second-order valence-electron chi connectivity index (χ2n) is 4.56. The maximum absolute atomic E-state index is 12.6. The van der Waals surface area contributed by atoms with Crippen LogP contribution in [0.25, 0.3) is 0 Å². The molecule has 0 aliphatic carbocycles. The van der Waals surface area contributed by atoms with Gasteiger partial charge in [0, 0.05) is 28.0 Å². The normalized spacial score (nSPS) is 10.7. The predicted octanol–water partition coefficient (Wildman–Crippen LogP) is 3.68. The predicted molar refractivity (Wildman–Crippen MR) is 95.4 cm³/mol. The molecule has 0 heterocycles. The van der Waals surface area contributed by atoms with Gasteiger partial charge in [-0.25, -0.2) is 0 Å². The second-order valence-corrected chi connectivity index (χ2v) is 5.44. The minimum Gasteiger partial charge on any atom is -0.389 e. The van der Waals surface area contributed by atoms with E-state index in [1.165, 1.54) is 6.20 Å². The highest BCUT2D eigenvalue weighted by molar-refractivity contribution is 7.80. The Morgan fingerprint density at radius 2 is 1.96 bits per heavy atom. The lowest BCUT2D eigenvalue weighted by molar-refractivity contribution is 0.103. The fourth-order valence-corrected chi connectivity index (χ4v) is 2.16. The maximum Gasteiger partial charge on any atom is 0.195 e. The lowest BCUT2D eigenvalue weighted by Crippen LogP contribution is -2.12. The zero-order chi connectivity index (χ0) is 16.8. The minimum absolute atomic E-state index is 0.0232. The monoisotopic (exact) mass is 341 g/mol. The van der Waals surface area contributed by atoms with Crippen LogP contribution in [0, 0.1) is 11.3 Å². The summed E-state index contributed by atoms with van der Waals surface area (Å²) in [6.07, 6.45) is 1.37.